The molecule has 0 aliphatic carbocycles. The second-order valence-corrected chi connectivity index (χ2v) is 2.67. The largest absolute Gasteiger partial charge is 0.507 e. The van der Waals surface area contributed by atoms with Crippen molar-refractivity contribution in [1.29, 1.82) is 0 Å². The topological polar surface area (TPSA) is 37.3 Å². The first-order valence-corrected chi connectivity index (χ1v) is 4.29. The lowest BCUT2D eigenvalue weighted by Crippen LogP contribution is -1.83. The molecule has 1 rings (SSSR count). The van der Waals surface area contributed by atoms with Gasteiger partial charge < -0.3 is 5.11 Å². The van der Waals surface area contributed by atoms with E-state index in [9.17, 15) is 4.79 Å². The minimum atomic E-state index is -0.0218. The average molecular weight is 192 g/mol. The molecule has 0 atom stereocenters. The fourth-order valence-electron chi connectivity index (χ4n) is 0.868. The van der Waals surface area contributed by atoms with Gasteiger partial charge in [-0.15, -0.1) is 0 Å². The second-order valence-electron chi connectivity index (χ2n) is 2.35. The maximum Gasteiger partial charge on any atom is 0.153 e. The lowest BCUT2D eigenvalue weighted by atomic mass is 10.1. The lowest BCUT2D eigenvalue weighted by Gasteiger charge is -1.96. The smallest absolute Gasteiger partial charge is 0.153 e. The van der Waals surface area contributed by atoms with Crippen molar-refractivity contribution in [2.24, 2.45) is 0 Å². The van der Waals surface area contributed by atoms with Crippen LogP contribution in [0.5, 0.6) is 5.75 Å². The van der Waals surface area contributed by atoms with Crippen molar-refractivity contribution in [3.8, 4) is 17.6 Å². The van der Waals surface area contributed by atoms with E-state index >= 15 is 0 Å². The first kappa shape index (κ1) is 9.69. The Labute approximate surface area is 82.0 Å². The molecule has 0 bridgehead atoms. The first-order valence-electron chi connectivity index (χ1n) is 3.66. The number of thiol groups is 1. The Hall–Kier alpha value is -1.40. The van der Waals surface area contributed by atoms with Crippen molar-refractivity contribution < 1.29 is 9.90 Å². The third-order valence-corrected chi connectivity index (χ3v) is 1.62. The average Bonchev–Trinajstić information content (AvgIpc) is 2.16. The lowest BCUT2D eigenvalue weighted by molar-refractivity contribution is 0.112. The third-order valence-electron chi connectivity index (χ3n) is 1.47. The van der Waals surface area contributed by atoms with E-state index in [0.29, 0.717) is 17.6 Å². The van der Waals surface area contributed by atoms with Crippen LogP contribution in [0.3, 0.4) is 0 Å². The summed E-state index contributed by atoms with van der Waals surface area (Å²) in [5, 5.41) is 9.17. The van der Waals surface area contributed by atoms with Gasteiger partial charge in [-0.25, -0.2) is 0 Å². The van der Waals surface area contributed by atoms with Crippen LogP contribution in [0.4, 0.5) is 0 Å². The van der Waals surface area contributed by atoms with Crippen molar-refractivity contribution >= 4 is 18.9 Å². The van der Waals surface area contributed by atoms with Crippen LogP contribution in [0.25, 0.3) is 0 Å². The van der Waals surface area contributed by atoms with Crippen molar-refractivity contribution in [2.45, 2.75) is 0 Å². The van der Waals surface area contributed by atoms with Gasteiger partial charge in [-0.3, -0.25) is 4.79 Å². The Bertz CT molecular complexity index is 374. The molecule has 1 aromatic rings. The van der Waals surface area contributed by atoms with E-state index in [1.807, 2.05) is 0 Å². The molecule has 0 amide bonds. The number of hydrogen-bond acceptors (Lipinski definition) is 3. The van der Waals surface area contributed by atoms with E-state index in [-0.39, 0.29) is 11.3 Å². The van der Waals surface area contributed by atoms with Gasteiger partial charge in [0.05, 0.1) is 11.3 Å². The first-order chi connectivity index (χ1) is 6.27. The summed E-state index contributed by atoms with van der Waals surface area (Å²) >= 11 is 3.93. The van der Waals surface area contributed by atoms with Gasteiger partial charge in [0.15, 0.2) is 6.29 Å². The Balaban J connectivity index is 3.06. The third kappa shape index (κ3) is 2.53. The highest BCUT2D eigenvalue weighted by molar-refractivity contribution is 7.80. The highest BCUT2D eigenvalue weighted by Gasteiger charge is 1.98. The molecule has 0 spiro atoms. The maximum absolute atomic E-state index is 10.4. The van der Waals surface area contributed by atoms with Gasteiger partial charge in [-0.05, 0) is 18.2 Å². The van der Waals surface area contributed by atoms with Crippen LogP contribution < -0.4 is 0 Å². The monoisotopic (exact) mass is 192 g/mol. The summed E-state index contributed by atoms with van der Waals surface area (Å²) in [6.07, 6.45) is 0.598. The minimum absolute atomic E-state index is 0.0218. The molecule has 0 saturated heterocycles. The molecule has 0 aliphatic heterocycles. The molecule has 3 heteroatoms. The number of hydrogen-bond donors (Lipinski definition) is 2. The molecule has 2 nitrogen and oxygen atoms in total. The number of phenols is 1. The molecule has 0 radical (unpaired) electrons. The van der Waals surface area contributed by atoms with Crippen LogP contribution in [0.15, 0.2) is 18.2 Å². The van der Waals surface area contributed by atoms with Gasteiger partial charge in [-0.2, -0.15) is 12.6 Å². The maximum atomic E-state index is 10.4. The zero-order chi connectivity index (χ0) is 9.68. The zero-order valence-electron chi connectivity index (χ0n) is 6.82. The van der Waals surface area contributed by atoms with Crippen LogP contribution in [0.1, 0.15) is 15.9 Å². The van der Waals surface area contributed by atoms with E-state index < -0.39 is 0 Å². The van der Waals surface area contributed by atoms with Crippen molar-refractivity contribution in [2.75, 3.05) is 5.75 Å². The van der Waals surface area contributed by atoms with Gasteiger partial charge in [0, 0.05) is 5.56 Å². The Kier molecular flexibility index (Phi) is 3.41. The molecule has 0 heterocycles. The molecule has 0 saturated carbocycles. The molecular formula is C10H8O2S. The molecule has 0 fully saturated rings. The van der Waals surface area contributed by atoms with Crippen LogP contribution in [-0.4, -0.2) is 17.1 Å². The Morgan fingerprint density at radius 3 is 2.92 bits per heavy atom. The zero-order valence-corrected chi connectivity index (χ0v) is 7.71. The molecule has 13 heavy (non-hydrogen) atoms. The van der Waals surface area contributed by atoms with Crippen LogP contribution in [0, 0.1) is 11.8 Å². The normalized spacial score (nSPS) is 8.69. The van der Waals surface area contributed by atoms with Gasteiger partial charge in [0.25, 0.3) is 0 Å². The molecule has 0 aliphatic rings. The molecule has 0 aromatic heterocycles. The van der Waals surface area contributed by atoms with E-state index in [1.165, 1.54) is 6.07 Å². The quantitative estimate of drug-likeness (QED) is 0.402. The predicted octanol–water partition coefficient (Wildman–Crippen LogP) is 1.49. The summed E-state index contributed by atoms with van der Waals surface area (Å²) < 4.78 is 0. The molecular weight excluding hydrogens is 184 g/mol. The fraction of sp³-hybridized carbons (Fsp3) is 0.100. The highest BCUT2D eigenvalue weighted by Crippen LogP contribution is 2.15. The van der Waals surface area contributed by atoms with Crippen molar-refractivity contribution in [3.05, 3.63) is 29.3 Å². The van der Waals surface area contributed by atoms with E-state index in [0.717, 1.165) is 0 Å². The number of aromatic hydroxyl groups is 1. The highest BCUT2D eigenvalue weighted by atomic mass is 32.1. The number of benzene rings is 1. The number of carbonyl (C=O) groups excluding carboxylic acids is 1. The van der Waals surface area contributed by atoms with Crippen molar-refractivity contribution in [3.63, 3.8) is 0 Å². The van der Waals surface area contributed by atoms with Crippen LogP contribution in [-0.2, 0) is 0 Å². The fourth-order valence-corrected chi connectivity index (χ4v) is 0.947. The second kappa shape index (κ2) is 4.58. The Morgan fingerprint density at radius 1 is 1.54 bits per heavy atom. The van der Waals surface area contributed by atoms with E-state index in [2.05, 4.69) is 24.5 Å². The van der Waals surface area contributed by atoms with Crippen molar-refractivity contribution in [1.82, 2.24) is 0 Å². The van der Waals surface area contributed by atoms with Gasteiger partial charge in [0.2, 0.25) is 0 Å². The molecule has 66 valence electrons. The SMILES string of the molecule is O=Cc1cc(C#CCS)ccc1O. The predicted molar refractivity (Wildman–Crippen MR) is 54.2 cm³/mol. The Morgan fingerprint density at radius 2 is 2.31 bits per heavy atom. The summed E-state index contributed by atoms with van der Waals surface area (Å²) in [5.74, 6) is 6.00. The number of phenolic OH excluding ortho intramolecular Hbond substituents is 1. The molecule has 1 aromatic carbocycles. The number of rotatable bonds is 1. The van der Waals surface area contributed by atoms with E-state index in [1.54, 1.807) is 12.1 Å². The van der Waals surface area contributed by atoms with Gasteiger partial charge >= 0.3 is 0 Å². The summed E-state index contributed by atoms with van der Waals surface area (Å²) in [5.41, 5.74) is 0.958. The summed E-state index contributed by atoms with van der Waals surface area (Å²) in [6.45, 7) is 0. The summed E-state index contributed by atoms with van der Waals surface area (Å²) in [7, 11) is 0. The van der Waals surface area contributed by atoms with Gasteiger partial charge in [-0.1, -0.05) is 11.8 Å². The van der Waals surface area contributed by atoms with Crippen LogP contribution in [0.2, 0.25) is 0 Å². The van der Waals surface area contributed by atoms with Crippen LogP contribution >= 0.6 is 12.6 Å². The number of aldehydes is 1. The minimum Gasteiger partial charge on any atom is -0.507 e. The van der Waals surface area contributed by atoms with Gasteiger partial charge in [0.1, 0.15) is 5.75 Å². The van der Waals surface area contributed by atoms with E-state index in [4.69, 9.17) is 5.11 Å². The molecule has 1 N–H and O–H groups in total. The number of carbonyl (C=O) groups is 1. The summed E-state index contributed by atoms with van der Waals surface area (Å²) in [6, 6.07) is 4.64. The molecule has 0 unspecified atom stereocenters. The summed E-state index contributed by atoms with van der Waals surface area (Å²) in [4.78, 5) is 10.4. The standard InChI is InChI=1S/C10H8O2S/c11-7-9-6-8(2-1-5-13)3-4-10(9)12/h3-4,6-7,12-13H,5H2.